The maximum absolute atomic E-state index is 12.7. The number of hydrogen-bond acceptors (Lipinski definition) is 4. The molecule has 0 bridgehead atoms. The van der Waals surface area contributed by atoms with Crippen molar-refractivity contribution in [3.63, 3.8) is 0 Å². The van der Waals surface area contributed by atoms with Crippen LogP contribution in [-0.4, -0.2) is 19.0 Å². The summed E-state index contributed by atoms with van der Waals surface area (Å²) in [6.07, 6.45) is 4.84. The van der Waals surface area contributed by atoms with Crippen LogP contribution in [-0.2, 0) is 26.2 Å². The normalized spacial score (nSPS) is 29.7. The molecule has 1 aromatic carbocycles. The molecular formula is C23H32O4. The van der Waals surface area contributed by atoms with Gasteiger partial charge in [0.25, 0.3) is 0 Å². The number of methoxy groups -OCH3 is 1. The first-order chi connectivity index (χ1) is 12.6. The number of esters is 2. The monoisotopic (exact) mass is 372 g/mol. The first kappa shape index (κ1) is 19.9. The van der Waals surface area contributed by atoms with Crippen LogP contribution in [0.3, 0.4) is 0 Å². The lowest BCUT2D eigenvalue weighted by Crippen LogP contribution is -2.52. The number of carbonyl (C=O) groups excluding carboxylic acids is 2. The van der Waals surface area contributed by atoms with E-state index in [4.69, 9.17) is 9.47 Å². The molecule has 2 aliphatic rings. The molecular weight excluding hydrogens is 340 g/mol. The lowest BCUT2D eigenvalue weighted by molar-refractivity contribution is -0.161. The van der Waals surface area contributed by atoms with Gasteiger partial charge in [-0.1, -0.05) is 33.3 Å². The summed E-state index contributed by atoms with van der Waals surface area (Å²) < 4.78 is 10.8. The fourth-order valence-corrected chi connectivity index (χ4v) is 5.69. The van der Waals surface area contributed by atoms with Gasteiger partial charge >= 0.3 is 11.9 Å². The molecule has 148 valence electrons. The van der Waals surface area contributed by atoms with E-state index in [9.17, 15) is 9.59 Å². The molecule has 0 amide bonds. The topological polar surface area (TPSA) is 52.6 Å². The number of carbonyl (C=O) groups is 2. The van der Waals surface area contributed by atoms with E-state index >= 15 is 0 Å². The van der Waals surface area contributed by atoms with Gasteiger partial charge in [0.05, 0.1) is 12.5 Å². The van der Waals surface area contributed by atoms with Gasteiger partial charge in [-0.3, -0.25) is 9.59 Å². The van der Waals surface area contributed by atoms with Crippen LogP contribution in [0.25, 0.3) is 0 Å². The van der Waals surface area contributed by atoms with Gasteiger partial charge in [0.15, 0.2) is 0 Å². The second kappa shape index (κ2) is 6.96. The van der Waals surface area contributed by atoms with Crippen molar-refractivity contribution in [2.75, 3.05) is 7.11 Å². The highest BCUT2D eigenvalue weighted by atomic mass is 16.5. The van der Waals surface area contributed by atoms with Crippen LogP contribution in [0.1, 0.15) is 82.9 Å². The Labute approximate surface area is 162 Å². The zero-order valence-corrected chi connectivity index (χ0v) is 17.5. The third-order valence-electron chi connectivity index (χ3n) is 7.01. The SMILES string of the molecule is COC(=O)[C@@]1(C)CCC[C@]2(C)c3cc(OC(C)=O)c(C(C)C)cc3CCC12. The highest BCUT2D eigenvalue weighted by Gasteiger charge is 2.55. The average Bonchev–Trinajstić information content (AvgIpc) is 2.60. The van der Waals surface area contributed by atoms with E-state index in [1.807, 2.05) is 0 Å². The summed E-state index contributed by atoms with van der Waals surface area (Å²) in [7, 11) is 1.49. The van der Waals surface area contributed by atoms with Crippen molar-refractivity contribution in [3.8, 4) is 5.75 Å². The Balaban J connectivity index is 2.13. The van der Waals surface area contributed by atoms with Gasteiger partial charge in [-0.15, -0.1) is 0 Å². The van der Waals surface area contributed by atoms with Crippen LogP contribution in [0.2, 0.25) is 0 Å². The lowest BCUT2D eigenvalue weighted by atomic mass is 9.49. The summed E-state index contributed by atoms with van der Waals surface area (Å²) in [5, 5.41) is 0. The molecule has 0 spiro atoms. The quantitative estimate of drug-likeness (QED) is 0.558. The van der Waals surface area contributed by atoms with Crippen LogP contribution in [0.5, 0.6) is 5.75 Å². The Morgan fingerprint density at radius 1 is 1.19 bits per heavy atom. The van der Waals surface area contributed by atoms with E-state index in [0.29, 0.717) is 5.75 Å². The highest BCUT2D eigenvalue weighted by molar-refractivity contribution is 5.77. The highest BCUT2D eigenvalue weighted by Crippen LogP contribution is 2.58. The summed E-state index contributed by atoms with van der Waals surface area (Å²) >= 11 is 0. The van der Waals surface area contributed by atoms with Crippen molar-refractivity contribution < 1.29 is 19.1 Å². The molecule has 0 aliphatic heterocycles. The molecule has 0 radical (unpaired) electrons. The van der Waals surface area contributed by atoms with Crippen molar-refractivity contribution >= 4 is 11.9 Å². The van der Waals surface area contributed by atoms with Gasteiger partial charge in [0.1, 0.15) is 5.75 Å². The summed E-state index contributed by atoms with van der Waals surface area (Å²) in [6, 6.07) is 4.31. The number of aryl methyl sites for hydroxylation is 1. The Morgan fingerprint density at radius 2 is 1.89 bits per heavy atom. The first-order valence-corrected chi connectivity index (χ1v) is 10.1. The van der Waals surface area contributed by atoms with Crippen LogP contribution < -0.4 is 4.74 Å². The van der Waals surface area contributed by atoms with Crippen molar-refractivity contribution in [2.24, 2.45) is 11.3 Å². The number of benzene rings is 1. The third kappa shape index (κ3) is 3.17. The fourth-order valence-electron chi connectivity index (χ4n) is 5.69. The Morgan fingerprint density at radius 3 is 2.48 bits per heavy atom. The Kier molecular flexibility index (Phi) is 5.13. The predicted octanol–water partition coefficient (Wildman–Crippen LogP) is 4.92. The smallest absolute Gasteiger partial charge is 0.311 e. The Bertz CT molecular complexity index is 766. The summed E-state index contributed by atoms with van der Waals surface area (Å²) in [6.45, 7) is 10.0. The van der Waals surface area contributed by atoms with Gasteiger partial charge < -0.3 is 9.47 Å². The molecule has 2 aliphatic carbocycles. The van der Waals surface area contributed by atoms with Crippen LogP contribution >= 0.6 is 0 Å². The van der Waals surface area contributed by atoms with Gasteiger partial charge in [0.2, 0.25) is 0 Å². The molecule has 3 atom stereocenters. The lowest BCUT2D eigenvalue weighted by Gasteiger charge is -2.54. The second-order valence-electron chi connectivity index (χ2n) is 9.07. The molecule has 0 heterocycles. The molecule has 27 heavy (non-hydrogen) atoms. The molecule has 3 rings (SSSR count). The standard InChI is InChI=1S/C23H32O4/c1-14(2)17-12-16-8-9-20-22(4,18(16)13-19(17)27-15(3)24)10-7-11-23(20,5)21(25)26-6/h12-14,20H,7-11H2,1-6H3/t20?,22-,23+/m1/s1. The van der Waals surface area contributed by atoms with Crippen LogP contribution in [0.15, 0.2) is 12.1 Å². The minimum atomic E-state index is -0.461. The molecule has 1 fully saturated rings. The summed E-state index contributed by atoms with van der Waals surface area (Å²) in [5.41, 5.74) is 3.09. The largest absolute Gasteiger partial charge is 0.469 e. The minimum Gasteiger partial charge on any atom is -0.469 e. The van der Waals surface area contributed by atoms with Crippen molar-refractivity contribution in [3.05, 3.63) is 28.8 Å². The van der Waals surface area contributed by atoms with E-state index < -0.39 is 5.41 Å². The van der Waals surface area contributed by atoms with Gasteiger partial charge in [-0.25, -0.2) is 0 Å². The van der Waals surface area contributed by atoms with Crippen molar-refractivity contribution in [2.45, 2.75) is 78.1 Å². The van der Waals surface area contributed by atoms with Crippen LogP contribution in [0, 0.1) is 11.3 Å². The molecule has 4 heteroatoms. The third-order valence-corrected chi connectivity index (χ3v) is 7.01. The van der Waals surface area contributed by atoms with Gasteiger partial charge in [-0.05, 0) is 72.6 Å². The second-order valence-corrected chi connectivity index (χ2v) is 9.07. The molecule has 4 nitrogen and oxygen atoms in total. The van der Waals surface area contributed by atoms with Crippen molar-refractivity contribution in [1.82, 2.24) is 0 Å². The number of ether oxygens (including phenoxy) is 2. The number of fused-ring (bicyclic) bond motifs is 3. The molecule has 0 aromatic heterocycles. The fraction of sp³-hybridized carbons (Fsp3) is 0.652. The maximum atomic E-state index is 12.7. The van der Waals surface area contributed by atoms with Crippen molar-refractivity contribution in [1.29, 1.82) is 0 Å². The molecule has 1 saturated carbocycles. The molecule has 0 N–H and O–H groups in total. The average molecular weight is 373 g/mol. The first-order valence-electron chi connectivity index (χ1n) is 10.1. The van der Waals surface area contributed by atoms with E-state index in [0.717, 1.165) is 37.7 Å². The van der Waals surface area contributed by atoms with E-state index in [-0.39, 0.29) is 29.2 Å². The van der Waals surface area contributed by atoms with Gasteiger partial charge in [-0.2, -0.15) is 0 Å². The summed E-state index contributed by atoms with van der Waals surface area (Å²) in [4.78, 5) is 24.3. The van der Waals surface area contributed by atoms with E-state index in [2.05, 4.69) is 39.8 Å². The molecule has 1 unspecified atom stereocenters. The summed E-state index contributed by atoms with van der Waals surface area (Å²) in [5.74, 6) is 0.789. The van der Waals surface area contributed by atoms with Gasteiger partial charge in [0, 0.05) is 6.92 Å². The predicted molar refractivity (Wildman–Crippen MR) is 105 cm³/mol. The zero-order valence-electron chi connectivity index (χ0n) is 17.5. The van der Waals surface area contributed by atoms with Crippen LogP contribution in [0.4, 0.5) is 0 Å². The minimum absolute atomic E-state index is 0.0964. The zero-order chi connectivity index (χ0) is 20.0. The molecule has 0 saturated heterocycles. The number of hydrogen-bond donors (Lipinski definition) is 0. The van der Waals surface area contributed by atoms with E-state index in [1.165, 1.54) is 25.2 Å². The molecule has 1 aromatic rings. The van der Waals surface area contributed by atoms with E-state index in [1.54, 1.807) is 0 Å². The number of rotatable bonds is 3. The Hall–Kier alpha value is -1.84. The maximum Gasteiger partial charge on any atom is 0.311 e.